The van der Waals surface area contributed by atoms with E-state index in [9.17, 15) is 19.6 Å². The van der Waals surface area contributed by atoms with Crippen molar-refractivity contribution in [3.8, 4) is 6.07 Å². The molecule has 2 amide bonds. The minimum atomic E-state index is -0.855. The number of ether oxygens (including phenoxy) is 1. The van der Waals surface area contributed by atoms with Gasteiger partial charge in [-0.15, -0.1) is 11.3 Å². The molecular weight excluding hydrogens is 446 g/mol. The first-order valence-electron chi connectivity index (χ1n) is 10.4. The molecule has 0 bridgehead atoms. The Balaban J connectivity index is 1.58. The largest absolute Gasteiger partial charge is 0.454 e. The number of amides is 2. The number of thioether (sulfide) groups is 1. The maximum Gasteiger partial charge on any atom is 0.329 e. The summed E-state index contributed by atoms with van der Waals surface area (Å²) >= 11 is 2.96. The van der Waals surface area contributed by atoms with E-state index in [0.717, 1.165) is 36.1 Å². The summed E-state index contributed by atoms with van der Waals surface area (Å²) in [5, 5.41) is 15.4. The SMILES string of the molecule is CSCC[C@@H](NC(=O)c1ccccc1)C(=O)OCC(=O)Nc1sc2c(c1C#N)CCCC2. The number of nitrogens with zero attached hydrogens (tertiary/aromatic N) is 1. The average molecular weight is 472 g/mol. The first kappa shape index (κ1) is 23.8. The Kier molecular flexibility index (Phi) is 8.71. The van der Waals surface area contributed by atoms with E-state index in [-0.39, 0.29) is 5.91 Å². The van der Waals surface area contributed by atoms with Crippen LogP contribution in [0.3, 0.4) is 0 Å². The fraction of sp³-hybridized carbons (Fsp3) is 0.391. The fourth-order valence-electron chi connectivity index (χ4n) is 3.49. The van der Waals surface area contributed by atoms with E-state index in [0.29, 0.717) is 28.3 Å². The zero-order valence-corrected chi connectivity index (χ0v) is 19.4. The number of rotatable bonds is 9. The lowest BCUT2D eigenvalue weighted by Crippen LogP contribution is -2.43. The summed E-state index contributed by atoms with van der Waals surface area (Å²) in [5.41, 5.74) is 1.98. The predicted molar refractivity (Wildman–Crippen MR) is 126 cm³/mol. The van der Waals surface area contributed by atoms with E-state index in [1.165, 1.54) is 11.3 Å². The summed E-state index contributed by atoms with van der Waals surface area (Å²) in [4.78, 5) is 38.5. The van der Waals surface area contributed by atoms with Gasteiger partial charge in [-0.05, 0) is 61.8 Å². The molecule has 1 aromatic carbocycles. The molecule has 0 spiro atoms. The van der Waals surface area contributed by atoms with Crippen molar-refractivity contribution in [1.29, 1.82) is 5.26 Å². The number of carbonyl (C=O) groups is 3. The highest BCUT2D eigenvalue weighted by atomic mass is 32.2. The van der Waals surface area contributed by atoms with Gasteiger partial charge in [0, 0.05) is 10.4 Å². The van der Waals surface area contributed by atoms with Crippen LogP contribution >= 0.6 is 23.1 Å². The number of carbonyl (C=O) groups excluding carboxylic acids is 3. The normalized spacial score (nSPS) is 13.4. The van der Waals surface area contributed by atoms with Crippen molar-refractivity contribution in [2.45, 2.75) is 38.1 Å². The number of nitrogens with one attached hydrogen (secondary N) is 2. The van der Waals surface area contributed by atoms with E-state index in [4.69, 9.17) is 4.74 Å². The molecule has 3 rings (SSSR count). The van der Waals surface area contributed by atoms with Gasteiger partial charge in [0.15, 0.2) is 6.61 Å². The third-order valence-electron chi connectivity index (χ3n) is 5.12. The molecule has 0 radical (unpaired) electrons. The molecule has 0 saturated carbocycles. The number of fused-ring (bicyclic) bond motifs is 1. The molecule has 0 saturated heterocycles. The molecule has 2 N–H and O–H groups in total. The Bertz CT molecular complexity index is 1010. The molecule has 0 unspecified atom stereocenters. The predicted octanol–water partition coefficient (Wildman–Crippen LogP) is 3.53. The molecule has 0 aliphatic heterocycles. The molecule has 1 aliphatic rings. The maximum absolute atomic E-state index is 12.6. The van der Waals surface area contributed by atoms with Crippen LogP contribution in [-0.4, -0.2) is 42.4 Å². The number of hydrogen-bond donors (Lipinski definition) is 2. The maximum atomic E-state index is 12.6. The summed E-state index contributed by atoms with van der Waals surface area (Å²) in [6.07, 6.45) is 6.17. The Morgan fingerprint density at radius 1 is 1.22 bits per heavy atom. The smallest absolute Gasteiger partial charge is 0.329 e. The Morgan fingerprint density at radius 3 is 2.69 bits per heavy atom. The number of nitriles is 1. The quantitative estimate of drug-likeness (QED) is 0.542. The Labute approximate surface area is 195 Å². The van der Waals surface area contributed by atoms with Crippen LogP contribution < -0.4 is 10.6 Å². The molecule has 0 fully saturated rings. The van der Waals surface area contributed by atoms with Crippen molar-refractivity contribution in [1.82, 2.24) is 5.32 Å². The van der Waals surface area contributed by atoms with Crippen LogP contribution in [0.2, 0.25) is 0 Å². The van der Waals surface area contributed by atoms with Gasteiger partial charge >= 0.3 is 5.97 Å². The van der Waals surface area contributed by atoms with Gasteiger partial charge in [0.05, 0.1) is 5.56 Å². The third kappa shape index (κ3) is 6.11. The molecule has 32 heavy (non-hydrogen) atoms. The highest BCUT2D eigenvalue weighted by Crippen LogP contribution is 2.37. The third-order valence-corrected chi connectivity index (χ3v) is 6.97. The van der Waals surface area contributed by atoms with Gasteiger partial charge in [-0.1, -0.05) is 18.2 Å². The molecule has 168 valence electrons. The second-order valence-corrected chi connectivity index (χ2v) is 9.45. The monoisotopic (exact) mass is 471 g/mol. The van der Waals surface area contributed by atoms with E-state index in [2.05, 4.69) is 16.7 Å². The van der Waals surface area contributed by atoms with Gasteiger partial charge in [0.2, 0.25) is 0 Å². The van der Waals surface area contributed by atoms with E-state index in [1.54, 1.807) is 42.1 Å². The lowest BCUT2D eigenvalue weighted by Gasteiger charge is -2.17. The van der Waals surface area contributed by atoms with Gasteiger partial charge < -0.3 is 15.4 Å². The van der Waals surface area contributed by atoms with Crippen molar-refractivity contribution in [3.63, 3.8) is 0 Å². The first-order valence-corrected chi connectivity index (χ1v) is 12.6. The van der Waals surface area contributed by atoms with Crippen molar-refractivity contribution < 1.29 is 19.1 Å². The molecule has 1 heterocycles. The van der Waals surface area contributed by atoms with Crippen molar-refractivity contribution >= 4 is 45.9 Å². The summed E-state index contributed by atoms with van der Waals surface area (Å²) < 4.78 is 5.19. The number of benzene rings is 1. The highest BCUT2D eigenvalue weighted by molar-refractivity contribution is 7.98. The van der Waals surface area contributed by atoms with Gasteiger partial charge in [-0.25, -0.2) is 4.79 Å². The van der Waals surface area contributed by atoms with Gasteiger partial charge in [0.25, 0.3) is 11.8 Å². The second-order valence-electron chi connectivity index (χ2n) is 7.36. The minimum absolute atomic E-state index is 0.374. The Hall–Kier alpha value is -2.83. The van der Waals surface area contributed by atoms with Gasteiger partial charge in [0.1, 0.15) is 17.1 Å². The lowest BCUT2D eigenvalue weighted by atomic mass is 9.96. The summed E-state index contributed by atoms with van der Waals surface area (Å²) in [7, 11) is 0. The summed E-state index contributed by atoms with van der Waals surface area (Å²) in [6, 6.07) is 9.94. The minimum Gasteiger partial charge on any atom is -0.454 e. The average Bonchev–Trinajstić information content (AvgIpc) is 3.17. The second kappa shape index (κ2) is 11.7. The van der Waals surface area contributed by atoms with Crippen molar-refractivity contribution in [2.24, 2.45) is 0 Å². The van der Waals surface area contributed by atoms with E-state index < -0.39 is 24.5 Å². The van der Waals surface area contributed by atoms with Crippen LogP contribution in [0.1, 0.15) is 45.6 Å². The fourth-order valence-corrected chi connectivity index (χ4v) is 5.22. The number of aryl methyl sites for hydroxylation is 1. The molecule has 1 aromatic heterocycles. The molecule has 2 aromatic rings. The van der Waals surface area contributed by atoms with Gasteiger partial charge in [-0.2, -0.15) is 17.0 Å². The van der Waals surface area contributed by atoms with Crippen LogP contribution in [-0.2, 0) is 27.2 Å². The highest BCUT2D eigenvalue weighted by Gasteiger charge is 2.25. The van der Waals surface area contributed by atoms with Crippen molar-refractivity contribution in [2.75, 3.05) is 23.9 Å². The standard InChI is InChI=1S/C23H25N3O4S2/c1-31-12-11-18(25-21(28)15-7-3-2-4-8-15)23(29)30-14-20(27)26-22-17(13-24)16-9-5-6-10-19(16)32-22/h2-4,7-8,18H,5-6,9-12,14H2,1H3,(H,25,28)(H,26,27)/t18-/m1/s1. The lowest BCUT2D eigenvalue weighted by molar-refractivity contribution is -0.149. The number of hydrogen-bond acceptors (Lipinski definition) is 7. The number of anilines is 1. The van der Waals surface area contributed by atoms with Crippen LogP contribution in [0.4, 0.5) is 5.00 Å². The van der Waals surface area contributed by atoms with Gasteiger partial charge in [-0.3, -0.25) is 9.59 Å². The van der Waals surface area contributed by atoms with Crippen LogP contribution in [0.15, 0.2) is 30.3 Å². The molecule has 7 nitrogen and oxygen atoms in total. The zero-order chi connectivity index (χ0) is 22.9. The molecule has 1 atom stereocenters. The zero-order valence-electron chi connectivity index (χ0n) is 17.8. The Morgan fingerprint density at radius 2 is 1.97 bits per heavy atom. The number of thiophene rings is 1. The van der Waals surface area contributed by atoms with Crippen LogP contribution in [0.25, 0.3) is 0 Å². The summed E-state index contributed by atoms with van der Waals surface area (Å²) in [6.45, 7) is -0.483. The number of esters is 1. The van der Waals surface area contributed by atoms with E-state index in [1.807, 2.05) is 6.26 Å². The van der Waals surface area contributed by atoms with E-state index >= 15 is 0 Å². The van der Waals surface area contributed by atoms with Crippen LogP contribution in [0.5, 0.6) is 0 Å². The molecular formula is C23H25N3O4S2. The first-order chi connectivity index (χ1) is 15.5. The topological polar surface area (TPSA) is 108 Å². The van der Waals surface area contributed by atoms with Crippen molar-refractivity contribution in [3.05, 3.63) is 51.9 Å². The van der Waals surface area contributed by atoms with Crippen LogP contribution in [0, 0.1) is 11.3 Å². The molecule has 9 heteroatoms. The summed E-state index contributed by atoms with van der Waals surface area (Å²) in [5.74, 6) is -0.898. The molecule has 1 aliphatic carbocycles.